The van der Waals surface area contributed by atoms with Crippen LogP contribution in [0.3, 0.4) is 0 Å². The van der Waals surface area contributed by atoms with Crippen LogP contribution in [0.5, 0.6) is 0 Å². The maximum Gasteiger partial charge on any atom is 0.333 e. The lowest BCUT2D eigenvalue weighted by Gasteiger charge is -2.03. The molecular weight excluding hydrogens is 280 g/mol. The molecule has 0 aliphatic heterocycles. The molecule has 0 bridgehead atoms. The summed E-state index contributed by atoms with van der Waals surface area (Å²) in [5.41, 5.74) is 0.237. The molecule has 1 N–H and O–H groups in total. The van der Waals surface area contributed by atoms with E-state index < -0.39 is 16.4 Å². The van der Waals surface area contributed by atoms with Crippen molar-refractivity contribution in [3.05, 3.63) is 18.0 Å². The highest BCUT2D eigenvalue weighted by Crippen LogP contribution is 2.08. The summed E-state index contributed by atoms with van der Waals surface area (Å²) in [6.07, 6.45) is 2.41. The summed E-state index contributed by atoms with van der Waals surface area (Å²) in [5.74, 6) is -0.388. The molecule has 108 valence electrons. The average Bonchev–Trinajstić information content (AvgIpc) is 2.71. The van der Waals surface area contributed by atoms with E-state index >= 15 is 0 Å². The van der Waals surface area contributed by atoms with Crippen molar-refractivity contribution in [1.82, 2.24) is 15.1 Å². The van der Waals surface area contributed by atoms with Gasteiger partial charge in [-0.1, -0.05) is 0 Å². The molecule has 1 aromatic rings. The van der Waals surface area contributed by atoms with Crippen LogP contribution in [0.15, 0.2) is 12.3 Å². The molecular formula is C10H15F2N3O3S. The lowest BCUT2D eigenvalue weighted by Crippen LogP contribution is -2.27. The van der Waals surface area contributed by atoms with Crippen molar-refractivity contribution >= 4 is 15.7 Å². The first-order valence-electron chi connectivity index (χ1n) is 5.54. The number of carbonyl (C=O) groups excluding carboxylic acids is 1. The molecule has 1 rings (SSSR count). The first-order chi connectivity index (χ1) is 8.78. The van der Waals surface area contributed by atoms with E-state index in [1.165, 1.54) is 6.07 Å². The molecule has 0 spiro atoms. The van der Waals surface area contributed by atoms with E-state index in [4.69, 9.17) is 0 Å². The van der Waals surface area contributed by atoms with Crippen molar-refractivity contribution in [2.45, 2.75) is 19.4 Å². The van der Waals surface area contributed by atoms with Crippen LogP contribution in [-0.2, 0) is 21.1 Å². The Morgan fingerprint density at radius 1 is 1.53 bits per heavy atom. The predicted molar refractivity (Wildman–Crippen MR) is 64.5 cm³/mol. The minimum atomic E-state index is -3.04. The van der Waals surface area contributed by atoms with Gasteiger partial charge in [0, 0.05) is 19.0 Å². The Morgan fingerprint density at radius 3 is 2.74 bits per heavy atom. The Hall–Kier alpha value is -1.51. The number of aromatic nitrogens is 2. The van der Waals surface area contributed by atoms with Crippen LogP contribution >= 0.6 is 0 Å². The van der Waals surface area contributed by atoms with E-state index in [0.29, 0.717) is 11.1 Å². The lowest BCUT2D eigenvalue weighted by molar-refractivity contribution is -0.120. The minimum Gasteiger partial charge on any atom is -0.356 e. The number of alkyl halides is 2. The highest BCUT2D eigenvalue weighted by molar-refractivity contribution is 7.90. The number of sulfone groups is 1. The van der Waals surface area contributed by atoms with Crippen LogP contribution in [-0.4, -0.2) is 42.7 Å². The number of rotatable bonds is 7. The number of amides is 1. The van der Waals surface area contributed by atoms with E-state index in [0.717, 1.165) is 12.5 Å². The van der Waals surface area contributed by atoms with Crippen molar-refractivity contribution in [2.75, 3.05) is 18.6 Å². The molecule has 0 fully saturated rings. The summed E-state index contributed by atoms with van der Waals surface area (Å²) in [6.45, 7) is -2.51. The first-order valence-corrected chi connectivity index (χ1v) is 7.60. The number of carbonyl (C=O) groups is 1. The van der Waals surface area contributed by atoms with Crippen LogP contribution < -0.4 is 5.32 Å². The highest BCUT2D eigenvalue weighted by atomic mass is 32.2. The molecule has 9 heteroatoms. The van der Waals surface area contributed by atoms with Crippen molar-refractivity contribution in [3.8, 4) is 0 Å². The molecule has 0 radical (unpaired) electrons. The summed E-state index contributed by atoms with van der Waals surface area (Å²) >= 11 is 0. The topological polar surface area (TPSA) is 81.1 Å². The second-order valence-corrected chi connectivity index (χ2v) is 6.33. The van der Waals surface area contributed by atoms with Crippen LogP contribution in [0.25, 0.3) is 0 Å². The van der Waals surface area contributed by atoms with E-state index in [2.05, 4.69) is 10.4 Å². The zero-order valence-electron chi connectivity index (χ0n) is 10.3. The quantitative estimate of drug-likeness (QED) is 0.737. The number of hydrogen-bond acceptors (Lipinski definition) is 4. The van der Waals surface area contributed by atoms with Gasteiger partial charge in [-0.3, -0.25) is 4.79 Å². The molecule has 0 unspecified atom stereocenters. The SMILES string of the molecule is CS(=O)(=O)CCCNC(=O)Cc1ccn(C(F)F)n1. The second kappa shape index (κ2) is 6.60. The molecule has 0 aliphatic carbocycles. The summed E-state index contributed by atoms with van der Waals surface area (Å²) in [4.78, 5) is 11.4. The van der Waals surface area contributed by atoms with Gasteiger partial charge in [0.05, 0.1) is 17.9 Å². The Labute approximate surface area is 109 Å². The standard InChI is InChI=1S/C10H15F2N3O3S/c1-19(17,18)6-2-4-13-9(16)7-8-3-5-15(14-8)10(11)12/h3,5,10H,2,4,6-7H2,1H3,(H,13,16). The van der Waals surface area contributed by atoms with Crippen molar-refractivity contribution < 1.29 is 22.0 Å². The summed E-state index contributed by atoms with van der Waals surface area (Å²) < 4.78 is 46.6. The number of nitrogens with zero attached hydrogens (tertiary/aromatic N) is 2. The molecule has 1 aromatic heterocycles. The van der Waals surface area contributed by atoms with Crippen LogP contribution in [0.2, 0.25) is 0 Å². The average molecular weight is 295 g/mol. The zero-order chi connectivity index (χ0) is 14.5. The van der Waals surface area contributed by atoms with Gasteiger partial charge in [0.25, 0.3) is 0 Å². The third-order valence-corrected chi connectivity index (χ3v) is 3.25. The van der Waals surface area contributed by atoms with Gasteiger partial charge in [0.2, 0.25) is 5.91 Å². The first kappa shape index (κ1) is 15.5. The Morgan fingerprint density at radius 2 is 2.21 bits per heavy atom. The monoisotopic (exact) mass is 295 g/mol. The van der Waals surface area contributed by atoms with Gasteiger partial charge in [0.15, 0.2) is 0 Å². The molecule has 1 amide bonds. The molecule has 0 atom stereocenters. The van der Waals surface area contributed by atoms with E-state index in [-0.39, 0.29) is 30.3 Å². The second-order valence-electron chi connectivity index (χ2n) is 4.07. The predicted octanol–water partition coefficient (Wildman–Crippen LogP) is 0.372. The third kappa shape index (κ3) is 6.27. The number of hydrogen-bond donors (Lipinski definition) is 1. The third-order valence-electron chi connectivity index (χ3n) is 2.22. The fraction of sp³-hybridized carbons (Fsp3) is 0.600. The van der Waals surface area contributed by atoms with Crippen LogP contribution in [0.1, 0.15) is 18.7 Å². The molecule has 0 saturated carbocycles. The van der Waals surface area contributed by atoms with Crippen molar-refractivity contribution in [1.29, 1.82) is 0 Å². The Kier molecular flexibility index (Phi) is 5.40. The molecule has 19 heavy (non-hydrogen) atoms. The van der Waals surface area contributed by atoms with Crippen molar-refractivity contribution in [3.63, 3.8) is 0 Å². The summed E-state index contributed by atoms with van der Waals surface area (Å²) in [7, 11) is -3.04. The van der Waals surface area contributed by atoms with Crippen LogP contribution in [0, 0.1) is 0 Å². The maximum absolute atomic E-state index is 12.2. The largest absolute Gasteiger partial charge is 0.356 e. The van der Waals surface area contributed by atoms with Crippen LogP contribution in [0.4, 0.5) is 8.78 Å². The van der Waals surface area contributed by atoms with Crippen molar-refractivity contribution in [2.24, 2.45) is 0 Å². The lowest BCUT2D eigenvalue weighted by atomic mass is 10.3. The molecule has 1 heterocycles. The fourth-order valence-electron chi connectivity index (χ4n) is 1.37. The Bertz CT molecular complexity index is 528. The van der Waals surface area contributed by atoms with Gasteiger partial charge in [-0.25, -0.2) is 13.1 Å². The number of nitrogens with one attached hydrogen (secondary N) is 1. The summed E-state index contributed by atoms with van der Waals surface area (Å²) in [6, 6.07) is 1.34. The van der Waals surface area contributed by atoms with E-state index in [9.17, 15) is 22.0 Å². The number of halogens is 2. The molecule has 0 saturated heterocycles. The zero-order valence-corrected chi connectivity index (χ0v) is 11.2. The van der Waals surface area contributed by atoms with Gasteiger partial charge in [-0.05, 0) is 12.5 Å². The van der Waals surface area contributed by atoms with Gasteiger partial charge < -0.3 is 5.32 Å². The highest BCUT2D eigenvalue weighted by Gasteiger charge is 2.10. The molecule has 0 aliphatic rings. The fourth-order valence-corrected chi connectivity index (χ4v) is 2.04. The van der Waals surface area contributed by atoms with E-state index in [1.54, 1.807) is 0 Å². The van der Waals surface area contributed by atoms with Gasteiger partial charge >= 0.3 is 6.55 Å². The summed E-state index contributed by atoms with van der Waals surface area (Å²) in [5, 5.41) is 6.03. The normalized spacial score (nSPS) is 11.8. The molecule has 0 aromatic carbocycles. The maximum atomic E-state index is 12.2. The molecule has 6 nitrogen and oxygen atoms in total. The Balaban J connectivity index is 2.31. The van der Waals surface area contributed by atoms with E-state index in [1.807, 2.05) is 0 Å². The van der Waals surface area contributed by atoms with Gasteiger partial charge in [-0.15, -0.1) is 0 Å². The van der Waals surface area contributed by atoms with Gasteiger partial charge in [0.1, 0.15) is 9.84 Å². The van der Waals surface area contributed by atoms with Gasteiger partial charge in [-0.2, -0.15) is 13.9 Å². The minimum absolute atomic E-state index is 0.00666. The smallest absolute Gasteiger partial charge is 0.333 e.